The van der Waals surface area contributed by atoms with Crippen molar-refractivity contribution in [3.05, 3.63) is 0 Å². The van der Waals surface area contributed by atoms with Crippen molar-refractivity contribution in [1.29, 1.82) is 0 Å². The minimum atomic E-state index is 0.729. The van der Waals surface area contributed by atoms with Crippen molar-refractivity contribution in [2.45, 2.75) is 61.9 Å². The minimum Gasteiger partial charge on any atom is -0.0524 e. The SMILES string of the molecule is ClSC1CCC(C2CCC(SCl)CC2)CC1. The molecule has 0 aliphatic heterocycles. The molecule has 0 unspecified atom stereocenters. The average Bonchev–Trinajstić information content (AvgIpc) is 2.39. The summed E-state index contributed by atoms with van der Waals surface area (Å²) in [6, 6.07) is 0. The molecule has 0 spiro atoms. The number of hydrogen-bond acceptors (Lipinski definition) is 2. The van der Waals surface area contributed by atoms with Crippen LogP contribution in [0.2, 0.25) is 0 Å². The Hall–Kier alpha value is 1.28. The van der Waals surface area contributed by atoms with Crippen LogP contribution in [0.15, 0.2) is 0 Å². The second kappa shape index (κ2) is 7.01. The Morgan fingerprint density at radius 2 is 0.875 bits per heavy atom. The topological polar surface area (TPSA) is 0 Å². The molecule has 16 heavy (non-hydrogen) atoms. The van der Waals surface area contributed by atoms with Crippen LogP contribution in [0.3, 0.4) is 0 Å². The lowest BCUT2D eigenvalue weighted by molar-refractivity contribution is 0.201. The molecule has 2 fully saturated rings. The molecule has 0 atom stereocenters. The highest BCUT2D eigenvalue weighted by Gasteiger charge is 2.30. The molecule has 0 N–H and O–H groups in total. The largest absolute Gasteiger partial charge is 0.0524 e. The van der Waals surface area contributed by atoms with Crippen LogP contribution < -0.4 is 0 Å². The summed E-state index contributed by atoms with van der Waals surface area (Å²) in [5.41, 5.74) is 0. The van der Waals surface area contributed by atoms with E-state index in [1.165, 1.54) is 51.4 Å². The molecule has 0 radical (unpaired) electrons. The maximum Gasteiger partial charge on any atom is 0.0199 e. The third-order valence-corrected chi connectivity index (χ3v) is 7.31. The average molecular weight is 299 g/mol. The van der Waals surface area contributed by atoms with Crippen molar-refractivity contribution in [3.63, 3.8) is 0 Å². The van der Waals surface area contributed by atoms with Gasteiger partial charge in [0.2, 0.25) is 0 Å². The zero-order chi connectivity index (χ0) is 11.4. The van der Waals surface area contributed by atoms with Crippen LogP contribution in [-0.2, 0) is 0 Å². The highest BCUT2D eigenvalue weighted by molar-refractivity contribution is 8.21. The molecule has 2 aliphatic rings. The molecule has 4 heteroatoms. The van der Waals surface area contributed by atoms with Gasteiger partial charge in [-0.2, -0.15) is 0 Å². The van der Waals surface area contributed by atoms with Crippen LogP contribution in [0.4, 0.5) is 0 Å². The Bertz CT molecular complexity index is 175. The quantitative estimate of drug-likeness (QED) is 0.638. The van der Waals surface area contributed by atoms with E-state index in [9.17, 15) is 0 Å². The van der Waals surface area contributed by atoms with Crippen LogP contribution in [-0.4, -0.2) is 10.5 Å². The van der Waals surface area contributed by atoms with Gasteiger partial charge in [-0.05, 0) is 84.6 Å². The van der Waals surface area contributed by atoms with Crippen molar-refractivity contribution in [3.8, 4) is 0 Å². The molecule has 2 aliphatic carbocycles. The second-order valence-electron chi connectivity index (χ2n) is 5.25. The van der Waals surface area contributed by atoms with E-state index in [0.717, 1.165) is 22.3 Å². The van der Waals surface area contributed by atoms with Gasteiger partial charge in [-0.1, -0.05) is 22.0 Å². The zero-order valence-electron chi connectivity index (χ0n) is 9.54. The van der Waals surface area contributed by atoms with E-state index in [2.05, 4.69) is 0 Å². The van der Waals surface area contributed by atoms with Gasteiger partial charge >= 0.3 is 0 Å². The van der Waals surface area contributed by atoms with Gasteiger partial charge in [0.25, 0.3) is 0 Å². The number of halogens is 2. The minimum absolute atomic E-state index is 0.729. The zero-order valence-corrected chi connectivity index (χ0v) is 12.7. The van der Waals surface area contributed by atoms with E-state index in [4.69, 9.17) is 21.4 Å². The van der Waals surface area contributed by atoms with Crippen LogP contribution in [0.1, 0.15) is 51.4 Å². The van der Waals surface area contributed by atoms with Crippen LogP contribution in [0, 0.1) is 11.8 Å². The third kappa shape index (κ3) is 3.63. The number of hydrogen-bond donors (Lipinski definition) is 0. The fourth-order valence-electron chi connectivity index (χ4n) is 3.30. The lowest BCUT2D eigenvalue weighted by Gasteiger charge is -2.36. The first-order valence-electron chi connectivity index (χ1n) is 6.38. The summed E-state index contributed by atoms with van der Waals surface area (Å²) in [6.45, 7) is 0. The predicted octanol–water partition coefficient (Wildman–Crippen LogP) is 5.88. The Morgan fingerprint density at radius 1 is 0.562 bits per heavy atom. The molecule has 0 aromatic rings. The third-order valence-electron chi connectivity index (χ3n) is 4.36. The van der Waals surface area contributed by atoms with Crippen LogP contribution >= 0.6 is 43.3 Å². The Morgan fingerprint density at radius 3 is 1.12 bits per heavy atom. The van der Waals surface area contributed by atoms with Crippen molar-refractivity contribution < 1.29 is 0 Å². The van der Waals surface area contributed by atoms with Gasteiger partial charge in [0, 0.05) is 10.5 Å². The van der Waals surface area contributed by atoms with Gasteiger partial charge < -0.3 is 0 Å². The van der Waals surface area contributed by atoms with Crippen molar-refractivity contribution in [2.24, 2.45) is 11.8 Å². The molecule has 0 heterocycles. The Kier molecular flexibility index (Phi) is 6.01. The van der Waals surface area contributed by atoms with E-state index >= 15 is 0 Å². The molecule has 0 aromatic heterocycles. The summed E-state index contributed by atoms with van der Waals surface area (Å²) in [5.74, 6) is 1.97. The summed E-state index contributed by atoms with van der Waals surface area (Å²) in [4.78, 5) is 0. The first-order valence-corrected chi connectivity index (χ1v) is 9.79. The second-order valence-corrected chi connectivity index (χ2v) is 8.01. The maximum absolute atomic E-state index is 5.85. The smallest absolute Gasteiger partial charge is 0.0199 e. The normalized spacial score (nSPS) is 40.9. The first-order chi connectivity index (χ1) is 7.83. The molecule has 0 aromatic carbocycles. The molecule has 0 nitrogen and oxygen atoms in total. The van der Waals surface area contributed by atoms with Crippen LogP contribution in [0.5, 0.6) is 0 Å². The lowest BCUT2D eigenvalue weighted by atomic mass is 9.73. The summed E-state index contributed by atoms with van der Waals surface area (Å²) in [7, 11) is 14.8. The summed E-state index contributed by atoms with van der Waals surface area (Å²) in [5, 5.41) is 1.46. The highest BCUT2D eigenvalue weighted by Crippen LogP contribution is 2.43. The van der Waals surface area contributed by atoms with E-state index in [-0.39, 0.29) is 0 Å². The summed E-state index contributed by atoms with van der Waals surface area (Å²) >= 11 is 0. The fraction of sp³-hybridized carbons (Fsp3) is 1.00. The highest BCUT2D eigenvalue weighted by atomic mass is 35.7. The van der Waals surface area contributed by atoms with Gasteiger partial charge in [0.15, 0.2) is 0 Å². The fourth-order valence-corrected chi connectivity index (χ4v) is 5.27. The summed E-state index contributed by atoms with van der Waals surface area (Å²) < 4.78 is 0. The van der Waals surface area contributed by atoms with Crippen molar-refractivity contribution >= 4 is 43.3 Å². The van der Waals surface area contributed by atoms with E-state index in [1.807, 2.05) is 0 Å². The lowest BCUT2D eigenvalue weighted by Crippen LogP contribution is -2.26. The molecule has 2 rings (SSSR count). The molecular weight excluding hydrogens is 279 g/mol. The standard InChI is InChI=1S/C12H20Cl2S2/c13-15-11-5-1-9(2-6-11)10-3-7-12(16-14)8-4-10/h9-12H,1-8H2. The van der Waals surface area contributed by atoms with E-state index < -0.39 is 0 Å². The maximum atomic E-state index is 5.85. The van der Waals surface area contributed by atoms with E-state index in [0.29, 0.717) is 0 Å². The van der Waals surface area contributed by atoms with Gasteiger partial charge in [-0.3, -0.25) is 0 Å². The van der Waals surface area contributed by atoms with Crippen molar-refractivity contribution in [2.75, 3.05) is 0 Å². The Balaban J connectivity index is 1.73. The van der Waals surface area contributed by atoms with Crippen LogP contribution in [0.25, 0.3) is 0 Å². The molecule has 0 amide bonds. The molecule has 2 saturated carbocycles. The molecule has 94 valence electrons. The molecule has 0 saturated heterocycles. The predicted molar refractivity (Wildman–Crippen MR) is 78.4 cm³/mol. The molecule has 0 bridgehead atoms. The number of rotatable bonds is 3. The van der Waals surface area contributed by atoms with E-state index in [1.54, 1.807) is 22.0 Å². The van der Waals surface area contributed by atoms with Gasteiger partial charge in [0.05, 0.1) is 0 Å². The Labute approximate surface area is 117 Å². The van der Waals surface area contributed by atoms with Gasteiger partial charge in [-0.15, -0.1) is 0 Å². The summed E-state index contributed by atoms with van der Waals surface area (Å²) in [6.07, 6.45) is 11.0. The van der Waals surface area contributed by atoms with Crippen molar-refractivity contribution in [1.82, 2.24) is 0 Å². The first kappa shape index (κ1) is 13.7. The monoisotopic (exact) mass is 298 g/mol. The van der Waals surface area contributed by atoms with Gasteiger partial charge in [0.1, 0.15) is 0 Å². The van der Waals surface area contributed by atoms with Gasteiger partial charge in [-0.25, -0.2) is 0 Å². The molecular formula is C12H20Cl2S2.